The van der Waals surface area contributed by atoms with Gasteiger partial charge in [-0.25, -0.2) is 4.99 Å². The van der Waals surface area contributed by atoms with E-state index in [1.165, 1.54) is 0 Å². The molecule has 22 heavy (non-hydrogen) atoms. The van der Waals surface area contributed by atoms with Crippen LogP contribution in [-0.2, 0) is 13.0 Å². The van der Waals surface area contributed by atoms with Gasteiger partial charge in [-0.05, 0) is 30.7 Å². The number of aliphatic imine (C=N–C) groups is 1. The van der Waals surface area contributed by atoms with Crippen LogP contribution in [0.1, 0.15) is 31.2 Å². The third-order valence-electron chi connectivity index (χ3n) is 3.19. The minimum Gasteiger partial charge on any atom is -0.469 e. The lowest BCUT2D eigenvalue weighted by Crippen LogP contribution is -2.39. The van der Waals surface area contributed by atoms with Gasteiger partial charge in [0.25, 0.3) is 0 Å². The summed E-state index contributed by atoms with van der Waals surface area (Å²) in [5.41, 5.74) is 0.963. The van der Waals surface area contributed by atoms with Crippen LogP contribution < -0.4 is 10.6 Å². The van der Waals surface area contributed by atoms with Gasteiger partial charge in [-0.3, -0.25) is 4.98 Å². The summed E-state index contributed by atoms with van der Waals surface area (Å²) in [6.45, 7) is 4.46. The summed E-state index contributed by atoms with van der Waals surface area (Å²) in [6, 6.07) is 9.76. The van der Waals surface area contributed by atoms with Crippen LogP contribution in [0.4, 0.5) is 0 Å². The monoisotopic (exact) mass is 300 g/mol. The molecule has 2 N–H and O–H groups in total. The second-order valence-corrected chi connectivity index (χ2v) is 5.02. The van der Waals surface area contributed by atoms with Crippen LogP contribution in [0.2, 0.25) is 0 Å². The average Bonchev–Trinajstić information content (AvgIpc) is 3.06. The van der Waals surface area contributed by atoms with Gasteiger partial charge in [-0.2, -0.15) is 0 Å². The number of rotatable bonds is 8. The fourth-order valence-electron chi connectivity index (χ4n) is 1.97. The number of nitrogens with zero attached hydrogens (tertiary/aromatic N) is 2. The molecular formula is C17H24N4O. The Bertz CT molecular complexity index is 537. The van der Waals surface area contributed by atoms with Gasteiger partial charge in [0.1, 0.15) is 5.76 Å². The van der Waals surface area contributed by atoms with Crippen molar-refractivity contribution >= 4 is 5.96 Å². The van der Waals surface area contributed by atoms with Crippen molar-refractivity contribution in [3.05, 3.63) is 54.2 Å². The first kappa shape index (κ1) is 16.1. The lowest BCUT2D eigenvalue weighted by atomic mass is 10.3. The summed E-state index contributed by atoms with van der Waals surface area (Å²) in [5.74, 6) is 1.80. The molecule has 0 spiro atoms. The number of nitrogens with one attached hydrogen (secondary N) is 2. The molecule has 0 bridgehead atoms. The van der Waals surface area contributed by atoms with Gasteiger partial charge in [0.15, 0.2) is 5.96 Å². The molecule has 118 valence electrons. The molecule has 5 nitrogen and oxygen atoms in total. The van der Waals surface area contributed by atoms with Gasteiger partial charge in [0.05, 0.1) is 18.5 Å². The molecular weight excluding hydrogens is 276 g/mol. The number of guanidine groups is 1. The quantitative estimate of drug-likeness (QED) is 0.447. The Hall–Kier alpha value is -2.30. The topological polar surface area (TPSA) is 62.5 Å². The molecule has 2 rings (SSSR count). The van der Waals surface area contributed by atoms with Crippen molar-refractivity contribution in [3.8, 4) is 0 Å². The van der Waals surface area contributed by atoms with E-state index in [0.717, 1.165) is 49.8 Å². The van der Waals surface area contributed by atoms with Gasteiger partial charge in [-0.1, -0.05) is 19.4 Å². The van der Waals surface area contributed by atoms with E-state index in [4.69, 9.17) is 4.42 Å². The molecule has 0 saturated carbocycles. The number of unbranched alkanes of at least 4 members (excludes halogenated alkanes) is 1. The fraction of sp³-hybridized carbons (Fsp3) is 0.412. The van der Waals surface area contributed by atoms with E-state index in [0.29, 0.717) is 6.54 Å². The normalized spacial score (nSPS) is 11.4. The molecule has 0 aliphatic rings. The first-order chi connectivity index (χ1) is 10.9. The predicted octanol–water partition coefficient (Wildman–Crippen LogP) is 2.75. The van der Waals surface area contributed by atoms with Crippen molar-refractivity contribution in [2.24, 2.45) is 4.99 Å². The van der Waals surface area contributed by atoms with Gasteiger partial charge >= 0.3 is 0 Å². The third-order valence-corrected chi connectivity index (χ3v) is 3.19. The van der Waals surface area contributed by atoms with Gasteiger partial charge in [0.2, 0.25) is 0 Å². The molecule has 0 atom stereocenters. The smallest absolute Gasteiger partial charge is 0.191 e. The highest BCUT2D eigenvalue weighted by molar-refractivity contribution is 5.79. The molecule has 2 aromatic heterocycles. The lowest BCUT2D eigenvalue weighted by Gasteiger charge is -2.11. The standard InChI is InChI=1S/C17H24N4O/c1-2-3-10-19-17(20-12-9-16-8-6-13-22-16)21-14-15-7-4-5-11-18-15/h4-8,11,13H,2-3,9-10,12,14H2,1H3,(H2,19,20,21). The van der Waals surface area contributed by atoms with E-state index < -0.39 is 0 Å². The van der Waals surface area contributed by atoms with Crippen LogP contribution in [0.25, 0.3) is 0 Å². The van der Waals surface area contributed by atoms with Crippen LogP contribution in [0.3, 0.4) is 0 Å². The number of aromatic nitrogens is 1. The molecule has 0 radical (unpaired) electrons. The SMILES string of the molecule is CCCCNC(=NCc1ccccn1)NCCc1ccco1. The molecule has 0 aliphatic heterocycles. The first-order valence-corrected chi connectivity index (χ1v) is 7.83. The summed E-state index contributed by atoms with van der Waals surface area (Å²) >= 11 is 0. The van der Waals surface area contributed by atoms with E-state index in [2.05, 4.69) is 27.5 Å². The Morgan fingerprint density at radius 1 is 1.18 bits per heavy atom. The van der Waals surface area contributed by atoms with Crippen molar-refractivity contribution in [1.82, 2.24) is 15.6 Å². The van der Waals surface area contributed by atoms with Crippen molar-refractivity contribution in [2.75, 3.05) is 13.1 Å². The average molecular weight is 300 g/mol. The Morgan fingerprint density at radius 3 is 2.82 bits per heavy atom. The molecule has 0 aliphatic carbocycles. The predicted molar refractivity (Wildman–Crippen MR) is 88.7 cm³/mol. The van der Waals surface area contributed by atoms with Crippen molar-refractivity contribution in [1.29, 1.82) is 0 Å². The highest BCUT2D eigenvalue weighted by Gasteiger charge is 2.00. The molecule has 0 fully saturated rings. The Balaban J connectivity index is 1.83. The summed E-state index contributed by atoms with van der Waals surface area (Å²) < 4.78 is 5.33. The lowest BCUT2D eigenvalue weighted by molar-refractivity contribution is 0.506. The third kappa shape index (κ3) is 5.99. The summed E-state index contributed by atoms with van der Waals surface area (Å²) in [4.78, 5) is 8.88. The van der Waals surface area contributed by atoms with E-state index in [1.807, 2.05) is 30.3 Å². The Morgan fingerprint density at radius 2 is 2.09 bits per heavy atom. The second kappa shape index (κ2) is 9.60. The highest BCUT2D eigenvalue weighted by Crippen LogP contribution is 2.00. The Labute approximate surface area is 131 Å². The molecule has 0 amide bonds. The second-order valence-electron chi connectivity index (χ2n) is 5.02. The van der Waals surface area contributed by atoms with Crippen LogP contribution in [-0.4, -0.2) is 24.0 Å². The summed E-state index contributed by atoms with van der Waals surface area (Å²) in [5, 5.41) is 6.69. The van der Waals surface area contributed by atoms with E-state index in [9.17, 15) is 0 Å². The van der Waals surface area contributed by atoms with Crippen molar-refractivity contribution in [2.45, 2.75) is 32.7 Å². The maximum atomic E-state index is 5.33. The van der Waals surface area contributed by atoms with E-state index in [-0.39, 0.29) is 0 Å². The van der Waals surface area contributed by atoms with E-state index in [1.54, 1.807) is 12.5 Å². The summed E-state index contributed by atoms with van der Waals surface area (Å²) in [7, 11) is 0. The fourth-order valence-corrected chi connectivity index (χ4v) is 1.97. The number of hydrogen-bond acceptors (Lipinski definition) is 3. The maximum Gasteiger partial charge on any atom is 0.191 e. The van der Waals surface area contributed by atoms with Gasteiger partial charge in [0, 0.05) is 25.7 Å². The zero-order valence-corrected chi connectivity index (χ0v) is 13.1. The molecule has 0 aromatic carbocycles. The zero-order chi connectivity index (χ0) is 15.5. The maximum absolute atomic E-state index is 5.33. The van der Waals surface area contributed by atoms with Crippen LogP contribution in [0.5, 0.6) is 0 Å². The molecule has 2 aromatic rings. The number of pyridine rings is 1. The van der Waals surface area contributed by atoms with Crippen molar-refractivity contribution in [3.63, 3.8) is 0 Å². The minimum atomic E-state index is 0.572. The molecule has 0 unspecified atom stereocenters. The number of hydrogen-bond donors (Lipinski definition) is 2. The van der Waals surface area contributed by atoms with Gasteiger partial charge in [-0.15, -0.1) is 0 Å². The largest absolute Gasteiger partial charge is 0.469 e. The molecule has 5 heteroatoms. The first-order valence-electron chi connectivity index (χ1n) is 7.83. The molecule has 2 heterocycles. The number of furan rings is 1. The summed E-state index contributed by atoms with van der Waals surface area (Å²) in [6.07, 6.45) is 6.62. The van der Waals surface area contributed by atoms with Gasteiger partial charge < -0.3 is 15.1 Å². The Kier molecular flexibility index (Phi) is 7.02. The van der Waals surface area contributed by atoms with Crippen LogP contribution >= 0.6 is 0 Å². The van der Waals surface area contributed by atoms with E-state index >= 15 is 0 Å². The van der Waals surface area contributed by atoms with Crippen LogP contribution in [0.15, 0.2) is 52.2 Å². The minimum absolute atomic E-state index is 0.572. The zero-order valence-electron chi connectivity index (χ0n) is 13.1. The molecule has 0 saturated heterocycles. The highest BCUT2D eigenvalue weighted by atomic mass is 16.3. The van der Waals surface area contributed by atoms with Crippen molar-refractivity contribution < 1.29 is 4.42 Å². The van der Waals surface area contributed by atoms with Crippen LogP contribution in [0, 0.1) is 0 Å².